The highest BCUT2D eigenvalue weighted by atomic mass is 16.3. The van der Waals surface area contributed by atoms with Crippen LogP contribution in [0.4, 0.5) is 17.1 Å². The van der Waals surface area contributed by atoms with E-state index in [9.17, 15) is 0 Å². The third-order valence-electron chi connectivity index (χ3n) is 9.34. The van der Waals surface area contributed by atoms with Crippen molar-refractivity contribution in [1.82, 2.24) is 0 Å². The first-order valence-corrected chi connectivity index (χ1v) is 15.4. The number of nitrogens with zero attached hydrogens (tertiary/aromatic N) is 1. The molecule has 45 heavy (non-hydrogen) atoms. The molecule has 0 unspecified atom stereocenters. The van der Waals surface area contributed by atoms with Crippen molar-refractivity contribution in [2.75, 3.05) is 4.90 Å². The molecule has 1 aliphatic carbocycles. The minimum atomic E-state index is -0.449. The average molecular weight is 576 g/mol. The second kappa shape index (κ2) is 10.1. The molecule has 7 aromatic carbocycles. The largest absolute Gasteiger partial charge is 0.456 e. The molecule has 1 heterocycles. The Hall–Kier alpha value is -5.86. The Labute approximate surface area is 262 Å². The van der Waals surface area contributed by atoms with Crippen LogP contribution in [0, 0.1) is 0 Å². The normalized spacial score (nSPS) is 13.1. The average Bonchev–Trinajstić information content (AvgIpc) is 3.66. The van der Waals surface area contributed by atoms with Gasteiger partial charge >= 0.3 is 0 Å². The van der Waals surface area contributed by atoms with Crippen molar-refractivity contribution in [2.45, 2.75) is 5.41 Å². The van der Waals surface area contributed by atoms with E-state index in [1.807, 2.05) is 0 Å². The summed E-state index contributed by atoms with van der Waals surface area (Å²) in [6.07, 6.45) is 0. The lowest BCUT2D eigenvalue weighted by Crippen LogP contribution is -2.29. The van der Waals surface area contributed by atoms with Gasteiger partial charge in [0, 0.05) is 27.8 Å². The van der Waals surface area contributed by atoms with Gasteiger partial charge in [-0.25, -0.2) is 0 Å². The van der Waals surface area contributed by atoms with Gasteiger partial charge in [0.25, 0.3) is 0 Å². The SMILES string of the molecule is c1ccc(-c2ccc(N(c3ccccc3)c3ccc(C4(c5ccccc5)c5cccc6oc7cccc4c7c56)cc3)cc2)cc1. The fourth-order valence-corrected chi connectivity index (χ4v) is 7.43. The van der Waals surface area contributed by atoms with Crippen LogP contribution in [0.25, 0.3) is 33.1 Å². The van der Waals surface area contributed by atoms with Crippen molar-refractivity contribution in [3.63, 3.8) is 0 Å². The number of anilines is 3. The number of para-hydroxylation sites is 1. The van der Waals surface area contributed by atoms with Gasteiger partial charge in [-0.15, -0.1) is 0 Å². The highest BCUT2D eigenvalue weighted by Gasteiger charge is 2.46. The van der Waals surface area contributed by atoms with E-state index < -0.39 is 5.41 Å². The minimum Gasteiger partial charge on any atom is -0.456 e. The highest BCUT2D eigenvalue weighted by molar-refractivity contribution is 6.14. The molecule has 0 aliphatic heterocycles. The van der Waals surface area contributed by atoms with E-state index in [0.717, 1.165) is 28.2 Å². The molecule has 212 valence electrons. The smallest absolute Gasteiger partial charge is 0.135 e. The van der Waals surface area contributed by atoms with Gasteiger partial charge in [0.15, 0.2) is 0 Å². The molecule has 8 aromatic rings. The second-order valence-corrected chi connectivity index (χ2v) is 11.7. The summed E-state index contributed by atoms with van der Waals surface area (Å²) in [5, 5.41) is 2.45. The summed E-state index contributed by atoms with van der Waals surface area (Å²) in [6, 6.07) is 63.1. The van der Waals surface area contributed by atoms with Crippen LogP contribution in [0.3, 0.4) is 0 Å². The number of benzene rings is 7. The highest BCUT2D eigenvalue weighted by Crippen LogP contribution is 2.56. The fraction of sp³-hybridized carbons (Fsp3) is 0.0233. The van der Waals surface area contributed by atoms with Crippen molar-refractivity contribution in [3.8, 4) is 11.1 Å². The maximum absolute atomic E-state index is 6.32. The van der Waals surface area contributed by atoms with E-state index in [-0.39, 0.29) is 0 Å². The third-order valence-corrected chi connectivity index (χ3v) is 9.34. The van der Waals surface area contributed by atoms with Crippen LogP contribution < -0.4 is 4.90 Å². The molecule has 0 N–H and O–H groups in total. The number of hydrogen-bond acceptors (Lipinski definition) is 2. The number of hydrogen-bond donors (Lipinski definition) is 0. The Balaban J connectivity index is 1.21. The Morgan fingerprint density at radius 3 is 1.38 bits per heavy atom. The Morgan fingerprint density at radius 1 is 0.356 bits per heavy atom. The van der Waals surface area contributed by atoms with Gasteiger partial charge in [-0.3, -0.25) is 0 Å². The Morgan fingerprint density at radius 2 is 0.800 bits per heavy atom. The van der Waals surface area contributed by atoms with Crippen molar-refractivity contribution >= 4 is 39.0 Å². The predicted octanol–water partition coefficient (Wildman–Crippen LogP) is 11.4. The van der Waals surface area contributed by atoms with Crippen LogP contribution in [0.1, 0.15) is 22.3 Å². The quantitative estimate of drug-likeness (QED) is 0.196. The van der Waals surface area contributed by atoms with Gasteiger partial charge in [0.2, 0.25) is 0 Å². The number of rotatable bonds is 6. The Bertz CT molecular complexity index is 2230. The molecule has 0 bridgehead atoms. The van der Waals surface area contributed by atoms with Crippen LogP contribution in [0.5, 0.6) is 0 Å². The first-order chi connectivity index (χ1) is 22.3. The zero-order valence-electron chi connectivity index (χ0n) is 24.6. The lowest BCUT2D eigenvalue weighted by Gasteiger charge is -2.35. The molecule has 0 fully saturated rings. The molecule has 1 aromatic heterocycles. The van der Waals surface area contributed by atoms with Gasteiger partial charge in [0.05, 0.1) is 5.41 Å². The molecule has 1 aliphatic rings. The standard InChI is InChI=1S/C43H29NO/c1-4-12-30(13-5-1)31-22-26-35(27-23-31)44(34-16-8-3-9-17-34)36-28-24-33(25-29-36)43(32-14-6-2-7-15-32)37-18-10-20-39-41(37)42-38(43)19-11-21-40(42)45-39/h1-29H. The Kier molecular flexibility index (Phi) is 5.76. The zero-order chi connectivity index (χ0) is 29.8. The summed E-state index contributed by atoms with van der Waals surface area (Å²) < 4.78 is 6.32. The van der Waals surface area contributed by atoms with Crippen LogP contribution in [-0.2, 0) is 5.41 Å². The van der Waals surface area contributed by atoms with Crippen molar-refractivity contribution in [1.29, 1.82) is 0 Å². The summed E-state index contributed by atoms with van der Waals surface area (Å²) in [5.41, 5.74) is 12.2. The minimum absolute atomic E-state index is 0.449. The molecule has 2 nitrogen and oxygen atoms in total. The van der Waals surface area contributed by atoms with Crippen LogP contribution in [0.2, 0.25) is 0 Å². The van der Waals surface area contributed by atoms with Crippen LogP contribution in [0.15, 0.2) is 180 Å². The monoisotopic (exact) mass is 575 g/mol. The molecular weight excluding hydrogens is 546 g/mol. The summed E-state index contributed by atoms with van der Waals surface area (Å²) >= 11 is 0. The molecule has 0 saturated carbocycles. The van der Waals surface area contributed by atoms with E-state index in [1.165, 1.54) is 44.2 Å². The van der Waals surface area contributed by atoms with Crippen molar-refractivity contribution < 1.29 is 4.42 Å². The summed E-state index contributed by atoms with van der Waals surface area (Å²) in [7, 11) is 0. The van der Waals surface area contributed by atoms with Crippen molar-refractivity contribution in [2.24, 2.45) is 0 Å². The summed E-state index contributed by atoms with van der Waals surface area (Å²) in [6.45, 7) is 0. The predicted molar refractivity (Wildman–Crippen MR) is 186 cm³/mol. The van der Waals surface area contributed by atoms with Gasteiger partial charge in [-0.1, -0.05) is 127 Å². The maximum atomic E-state index is 6.32. The molecule has 0 amide bonds. The van der Waals surface area contributed by atoms with Crippen molar-refractivity contribution in [3.05, 3.63) is 198 Å². The lowest BCUT2D eigenvalue weighted by atomic mass is 9.67. The van der Waals surface area contributed by atoms with E-state index in [1.54, 1.807) is 0 Å². The molecule has 0 atom stereocenters. The van der Waals surface area contributed by atoms with E-state index >= 15 is 0 Å². The molecule has 2 heteroatoms. The molecule has 9 rings (SSSR count). The van der Waals surface area contributed by atoms with E-state index in [2.05, 4.69) is 181 Å². The second-order valence-electron chi connectivity index (χ2n) is 11.7. The molecule has 0 saturated heterocycles. The van der Waals surface area contributed by atoms with Crippen LogP contribution in [-0.4, -0.2) is 0 Å². The molecular formula is C43H29NO. The summed E-state index contributed by atoms with van der Waals surface area (Å²) in [5.74, 6) is 0. The first-order valence-electron chi connectivity index (χ1n) is 15.4. The van der Waals surface area contributed by atoms with Gasteiger partial charge in [-0.05, 0) is 81.9 Å². The van der Waals surface area contributed by atoms with Crippen LogP contribution >= 0.6 is 0 Å². The zero-order valence-corrected chi connectivity index (χ0v) is 24.6. The van der Waals surface area contributed by atoms with Gasteiger partial charge in [0.1, 0.15) is 11.2 Å². The lowest BCUT2D eigenvalue weighted by molar-refractivity contribution is 0.663. The summed E-state index contributed by atoms with van der Waals surface area (Å²) in [4.78, 5) is 2.33. The fourth-order valence-electron chi connectivity index (χ4n) is 7.43. The maximum Gasteiger partial charge on any atom is 0.135 e. The molecule has 0 radical (unpaired) electrons. The van der Waals surface area contributed by atoms with E-state index in [0.29, 0.717) is 0 Å². The van der Waals surface area contributed by atoms with Gasteiger partial charge < -0.3 is 9.32 Å². The third kappa shape index (κ3) is 3.82. The van der Waals surface area contributed by atoms with E-state index in [4.69, 9.17) is 4.42 Å². The molecule has 0 spiro atoms. The topological polar surface area (TPSA) is 16.4 Å². The number of furan rings is 1. The van der Waals surface area contributed by atoms with Gasteiger partial charge in [-0.2, -0.15) is 0 Å². The first kappa shape index (κ1) is 25.6.